The lowest BCUT2D eigenvalue weighted by Crippen LogP contribution is -1.77. The standard InChI is InChI=1S/C17H16S2/c1-11-4-7-13(8-5-11)16-17(18-3)14-9-6-12(2)10-15(14)19-16/h4-10H,1-3H3. The van der Waals surface area contributed by atoms with Crippen molar-refractivity contribution in [2.24, 2.45) is 0 Å². The summed E-state index contributed by atoms with van der Waals surface area (Å²) >= 11 is 3.75. The highest BCUT2D eigenvalue weighted by Crippen LogP contribution is 2.43. The third-order valence-electron chi connectivity index (χ3n) is 3.32. The number of benzene rings is 2. The molecule has 1 heterocycles. The van der Waals surface area contributed by atoms with E-state index in [1.165, 1.54) is 36.5 Å². The molecule has 0 bridgehead atoms. The van der Waals surface area contributed by atoms with Gasteiger partial charge in [0.15, 0.2) is 0 Å². The molecule has 1 aromatic heterocycles. The van der Waals surface area contributed by atoms with E-state index in [-0.39, 0.29) is 0 Å². The SMILES string of the molecule is CSc1c(-c2ccc(C)cc2)sc2cc(C)ccc12. The topological polar surface area (TPSA) is 0 Å². The summed E-state index contributed by atoms with van der Waals surface area (Å²) in [5.41, 5.74) is 3.97. The monoisotopic (exact) mass is 284 g/mol. The minimum atomic E-state index is 1.31. The van der Waals surface area contributed by atoms with E-state index in [1.807, 2.05) is 23.1 Å². The zero-order valence-corrected chi connectivity index (χ0v) is 13.0. The predicted molar refractivity (Wildman–Crippen MR) is 88.5 cm³/mol. The average Bonchev–Trinajstić information content (AvgIpc) is 2.77. The Morgan fingerprint density at radius 3 is 2.26 bits per heavy atom. The van der Waals surface area contributed by atoms with E-state index in [2.05, 4.69) is 62.6 Å². The summed E-state index contributed by atoms with van der Waals surface area (Å²) in [5.74, 6) is 0. The van der Waals surface area contributed by atoms with Gasteiger partial charge in [0.05, 0.1) is 0 Å². The number of aryl methyl sites for hydroxylation is 2. The van der Waals surface area contributed by atoms with E-state index in [1.54, 1.807) is 0 Å². The highest BCUT2D eigenvalue weighted by molar-refractivity contribution is 7.99. The van der Waals surface area contributed by atoms with Crippen LogP contribution in [0.15, 0.2) is 47.4 Å². The molecule has 0 atom stereocenters. The fraction of sp³-hybridized carbons (Fsp3) is 0.176. The molecule has 0 fully saturated rings. The molecular formula is C17H16S2. The summed E-state index contributed by atoms with van der Waals surface area (Å²) in [7, 11) is 0. The van der Waals surface area contributed by atoms with Crippen molar-refractivity contribution in [1.29, 1.82) is 0 Å². The molecule has 0 aliphatic rings. The van der Waals surface area contributed by atoms with E-state index in [9.17, 15) is 0 Å². The van der Waals surface area contributed by atoms with Crippen LogP contribution in [0.25, 0.3) is 20.5 Å². The van der Waals surface area contributed by atoms with E-state index in [0.29, 0.717) is 0 Å². The quantitative estimate of drug-likeness (QED) is 0.527. The number of thiophene rings is 1. The highest BCUT2D eigenvalue weighted by Gasteiger charge is 2.12. The molecule has 0 saturated carbocycles. The van der Waals surface area contributed by atoms with Crippen molar-refractivity contribution >= 4 is 33.2 Å². The number of rotatable bonds is 2. The molecule has 0 spiro atoms. The third kappa shape index (κ3) is 2.31. The number of thioether (sulfide) groups is 1. The zero-order valence-electron chi connectivity index (χ0n) is 11.4. The first-order valence-corrected chi connectivity index (χ1v) is 8.37. The first kappa shape index (κ1) is 12.8. The Hall–Kier alpha value is -1.25. The fourth-order valence-corrected chi connectivity index (χ4v) is 4.62. The zero-order chi connectivity index (χ0) is 13.4. The fourth-order valence-electron chi connectivity index (χ4n) is 2.28. The normalized spacial score (nSPS) is 11.1. The van der Waals surface area contributed by atoms with Crippen molar-refractivity contribution < 1.29 is 0 Å². The van der Waals surface area contributed by atoms with Crippen molar-refractivity contribution in [3.05, 3.63) is 53.6 Å². The number of hydrogen-bond donors (Lipinski definition) is 0. The van der Waals surface area contributed by atoms with Crippen LogP contribution in [0.3, 0.4) is 0 Å². The van der Waals surface area contributed by atoms with Crippen molar-refractivity contribution in [2.45, 2.75) is 18.7 Å². The largest absolute Gasteiger partial charge is 0.134 e. The van der Waals surface area contributed by atoms with Crippen LogP contribution in [-0.4, -0.2) is 6.26 Å². The van der Waals surface area contributed by atoms with Crippen molar-refractivity contribution in [3.8, 4) is 10.4 Å². The Balaban J connectivity index is 2.25. The lowest BCUT2D eigenvalue weighted by molar-refractivity contribution is 1.47. The van der Waals surface area contributed by atoms with Gasteiger partial charge in [0.25, 0.3) is 0 Å². The maximum Gasteiger partial charge on any atom is 0.0491 e. The van der Waals surface area contributed by atoms with Crippen LogP contribution in [0.2, 0.25) is 0 Å². The number of hydrogen-bond acceptors (Lipinski definition) is 2. The summed E-state index contributed by atoms with van der Waals surface area (Å²) < 4.78 is 1.39. The molecule has 0 amide bonds. The van der Waals surface area contributed by atoms with E-state index >= 15 is 0 Å². The molecule has 3 aromatic rings. The van der Waals surface area contributed by atoms with Gasteiger partial charge in [-0.1, -0.05) is 42.0 Å². The van der Waals surface area contributed by atoms with Crippen LogP contribution >= 0.6 is 23.1 Å². The second-order valence-electron chi connectivity index (χ2n) is 4.83. The minimum absolute atomic E-state index is 1.31. The van der Waals surface area contributed by atoms with Crippen LogP contribution in [0.1, 0.15) is 11.1 Å². The lowest BCUT2D eigenvalue weighted by Gasteiger charge is -2.02. The van der Waals surface area contributed by atoms with Crippen LogP contribution in [-0.2, 0) is 0 Å². The molecule has 0 nitrogen and oxygen atoms in total. The van der Waals surface area contributed by atoms with Gasteiger partial charge in [-0.3, -0.25) is 0 Å². The molecule has 0 saturated heterocycles. The van der Waals surface area contributed by atoms with Gasteiger partial charge in [-0.2, -0.15) is 0 Å². The van der Waals surface area contributed by atoms with Gasteiger partial charge < -0.3 is 0 Å². The van der Waals surface area contributed by atoms with E-state index in [4.69, 9.17) is 0 Å². The molecule has 2 heteroatoms. The molecular weight excluding hydrogens is 268 g/mol. The third-order valence-corrected chi connectivity index (χ3v) is 5.48. The van der Waals surface area contributed by atoms with Gasteiger partial charge in [-0.05, 0) is 37.3 Å². The van der Waals surface area contributed by atoms with Crippen molar-refractivity contribution in [1.82, 2.24) is 0 Å². The van der Waals surface area contributed by atoms with Gasteiger partial charge in [0.2, 0.25) is 0 Å². The summed E-state index contributed by atoms with van der Waals surface area (Å²) in [6, 6.07) is 15.6. The van der Waals surface area contributed by atoms with Crippen LogP contribution < -0.4 is 0 Å². The highest BCUT2D eigenvalue weighted by atomic mass is 32.2. The molecule has 0 aliphatic heterocycles. The second-order valence-corrected chi connectivity index (χ2v) is 6.70. The number of fused-ring (bicyclic) bond motifs is 1. The summed E-state index contributed by atoms with van der Waals surface area (Å²) in [5, 5.41) is 1.39. The summed E-state index contributed by atoms with van der Waals surface area (Å²) in [4.78, 5) is 2.80. The maximum absolute atomic E-state index is 2.29. The molecule has 96 valence electrons. The molecule has 2 aromatic carbocycles. The van der Waals surface area contributed by atoms with Crippen LogP contribution in [0.4, 0.5) is 0 Å². The van der Waals surface area contributed by atoms with Gasteiger partial charge >= 0.3 is 0 Å². The van der Waals surface area contributed by atoms with E-state index in [0.717, 1.165) is 0 Å². The Labute approximate surface area is 122 Å². The molecule has 0 unspecified atom stereocenters. The predicted octanol–water partition coefficient (Wildman–Crippen LogP) is 5.91. The minimum Gasteiger partial charge on any atom is -0.134 e. The summed E-state index contributed by atoms with van der Waals surface area (Å²) in [6.07, 6.45) is 2.17. The lowest BCUT2D eigenvalue weighted by atomic mass is 10.1. The first-order chi connectivity index (χ1) is 9.19. The molecule has 0 radical (unpaired) electrons. The Morgan fingerprint density at radius 1 is 0.895 bits per heavy atom. The Kier molecular flexibility index (Phi) is 3.38. The molecule has 0 N–H and O–H groups in total. The van der Waals surface area contributed by atoms with Crippen molar-refractivity contribution in [3.63, 3.8) is 0 Å². The van der Waals surface area contributed by atoms with Gasteiger partial charge in [-0.15, -0.1) is 23.1 Å². The van der Waals surface area contributed by atoms with Gasteiger partial charge in [-0.25, -0.2) is 0 Å². The maximum atomic E-state index is 2.29. The van der Waals surface area contributed by atoms with E-state index < -0.39 is 0 Å². The Bertz CT molecular complexity index is 721. The molecule has 0 aliphatic carbocycles. The first-order valence-electron chi connectivity index (χ1n) is 6.33. The Morgan fingerprint density at radius 2 is 1.58 bits per heavy atom. The van der Waals surface area contributed by atoms with Crippen LogP contribution in [0, 0.1) is 13.8 Å². The second kappa shape index (κ2) is 5.03. The summed E-state index contributed by atoms with van der Waals surface area (Å²) in [6.45, 7) is 4.29. The van der Waals surface area contributed by atoms with Crippen LogP contribution in [0.5, 0.6) is 0 Å². The average molecular weight is 284 g/mol. The molecule has 19 heavy (non-hydrogen) atoms. The van der Waals surface area contributed by atoms with Gasteiger partial charge in [0, 0.05) is 19.9 Å². The van der Waals surface area contributed by atoms with Gasteiger partial charge in [0.1, 0.15) is 0 Å². The van der Waals surface area contributed by atoms with Crippen molar-refractivity contribution in [2.75, 3.05) is 6.26 Å². The molecule has 3 rings (SSSR count). The smallest absolute Gasteiger partial charge is 0.0491 e.